The molecule has 4 atom stereocenters. The van der Waals surface area contributed by atoms with E-state index in [0.29, 0.717) is 38.8 Å². The number of rotatable bonds is 14. The summed E-state index contributed by atoms with van der Waals surface area (Å²) in [6.07, 6.45) is 0.923. The fourth-order valence-corrected chi connectivity index (χ4v) is 3.67. The van der Waals surface area contributed by atoms with Gasteiger partial charge >= 0.3 is 11.9 Å². The molecule has 0 aromatic rings. The van der Waals surface area contributed by atoms with Crippen LogP contribution in [0.4, 0.5) is 0 Å². The molecule has 1 rings (SSSR count). The molecule has 10 N–H and O–H groups in total. The van der Waals surface area contributed by atoms with Crippen molar-refractivity contribution in [3.05, 3.63) is 0 Å². The van der Waals surface area contributed by atoms with Crippen molar-refractivity contribution >= 4 is 48.2 Å². The maximum Gasteiger partial charge on any atom is 0.327 e. The van der Waals surface area contributed by atoms with Crippen LogP contribution in [-0.4, -0.2) is 93.7 Å². The summed E-state index contributed by atoms with van der Waals surface area (Å²) in [5.74, 6) is -4.73. The molecule has 0 aliphatic carbocycles. The molecule has 0 spiro atoms. The highest BCUT2D eigenvalue weighted by Gasteiger charge is 2.37. The topological polar surface area (TPSA) is 244 Å². The molecule has 1 aliphatic heterocycles. The van der Waals surface area contributed by atoms with Crippen molar-refractivity contribution in [3.8, 4) is 0 Å². The molecule has 34 heavy (non-hydrogen) atoms. The van der Waals surface area contributed by atoms with Gasteiger partial charge in [-0.05, 0) is 32.1 Å². The highest BCUT2D eigenvalue weighted by molar-refractivity contribution is 7.80. The summed E-state index contributed by atoms with van der Waals surface area (Å²) in [6.45, 7) is 0.600. The molecule has 4 unspecified atom stereocenters. The smallest absolute Gasteiger partial charge is 0.327 e. The summed E-state index contributed by atoms with van der Waals surface area (Å²) >= 11 is 3.87. The van der Waals surface area contributed by atoms with Crippen LogP contribution in [0.15, 0.2) is 4.99 Å². The van der Waals surface area contributed by atoms with E-state index >= 15 is 0 Å². The lowest BCUT2D eigenvalue weighted by Crippen LogP contribution is -2.56. The molecule has 0 bridgehead atoms. The van der Waals surface area contributed by atoms with Gasteiger partial charge in [-0.3, -0.25) is 24.2 Å². The Kier molecular flexibility index (Phi) is 12.1. The fraction of sp³-hybridized carbons (Fsp3) is 0.684. The van der Waals surface area contributed by atoms with Gasteiger partial charge in [0.2, 0.25) is 17.7 Å². The summed E-state index contributed by atoms with van der Waals surface area (Å²) < 4.78 is 0. The lowest BCUT2D eigenvalue weighted by atomic mass is 10.1. The number of amides is 3. The zero-order valence-electron chi connectivity index (χ0n) is 18.7. The Balaban J connectivity index is 2.83. The maximum absolute atomic E-state index is 12.9. The predicted molar refractivity (Wildman–Crippen MR) is 125 cm³/mol. The van der Waals surface area contributed by atoms with Crippen molar-refractivity contribution in [2.75, 3.05) is 18.8 Å². The van der Waals surface area contributed by atoms with E-state index in [1.165, 1.54) is 4.90 Å². The molecule has 1 heterocycles. The number of guanidine groups is 1. The molecule has 0 saturated carbocycles. The molecule has 192 valence electrons. The Hall–Kier alpha value is -3.07. The molecule has 15 heteroatoms. The molecule has 1 fully saturated rings. The van der Waals surface area contributed by atoms with Crippen molar-refractivity contribution in [2.45, 2.75) is 62.7 Å². The Morgan fingerprint density at radius 3 is 2.32 bits per heavy atom. The predicted octanol–water partition coefficient (Wildman–Crippen LogP) is -2.79. The summed E-state index contributed by atoms with van der Waals surface area (Å²) in [5.41, 5.74) is 16.5. The van der Waals surface area contributed by atoms with Crippen LogP contribution in [0.25, 0.3) is 0 Å². The largest absolute Gasteiger partial charge is 0.481 e. The first kappa shape index (κ1) is 29.0. The van der Waals surface area contributed by atoms with Gasteiger partial charge in [0.1, 0.15) is 18.1 Å². The molecular weight excluding hydrogens is 470 g/mol. The Labute approximate surface area is 202 Å². The number of carboxylic acids is 2. The summed E-state index contributed by atoms with van der Waals surface area (Å²) in [4.78, 5) is 65.6. The van der Waals surface area contributed by atoms with E-state index in [9.17, 15) is 24.0 Å². The van der Waals surface area contributed by atoms with Gasteiger partial charge in [0.15, 0.2) is 5.96 Å². The number of likely N-dealkylation sites (tertiary alicyclic amines) is 1. The number of carbonyl (C=O) groups is 5. The number of carbonyl (C=O) groups excluding carboxylic acids is 3. The van der Waals surface area contributed by atoms with Crippen molar-refractivity contribution < 1.29 is 34.2 Å². The SMILES string of the molecule is NC(N)=NCCCC(N)C(=O)N1CCCC1C(=O)NC(CCC(=O)O)C(=O)NC(CS)C(=O)O. The third-order valence-electron chi connectivity index (χ3n) is 5.20. The summed E-state index contributed by atoms with van der Waals surface area (Å²) in [5, 5.41) is 22.8. The molecule has 0 aromatic heterocycles. The van der Waals surface area contributed by atoms with Crippen LogP contribution in [-0.2, 0) is 24.0 Å². The number of hydrogen-bond acceptors (Lipinski definition) is 8. The van der Waals surface area contributed by atoms with E-state index < -0.39 is 60.2 Å². The van der Waals surface area contributed by atoms with Crippen LogP contribution in [0, 0.1) is 0 Å². The maximum atomic E-state index is 12.9. The zero-order valence-corrected chi connectivity index (χ0v) is 19.6. The monoisotopic (exact) mass is 503 g/mol. The first-order valence-corrected chi connectivity index (χ1v) is 11.4. The van der Waals surface area contributed by atoms with Gasteiger partial charge in [-0.2, -0.15) is 12.6 Å². The van der Waals surface area contributed by atoms with Crippen molar-refractivity contribution in [1.82, 2.24) is 15.5 Å². The third kappa shape index (κ3) is 9.43. The molecular formula is C19H33N7O7S. The number of nitrogens with zero attached hydrogens (tertiary/aromatic N) is 2. The van der Waals surface area contributed by atoms with E-state index in [1.807, 2.05) is 0 Å². The Bertz CT molecular complexity index is 791. The molecule has 0 radical (unpaired) electrons. The second-order valence-corrected chi connectivity index (χ2v) is 8.19. The van der Waals surface area contributed by atoms with Gasteiger partial charge in [0.25, 0.3) is 0 Å². The van der Waals surface area contributed by atoms with Crippen LogP contribution in [0.5, 0.6) is 0 Å². The van der Waals surface area contributed by atoms with Gasteiger partial charge in [-0.1, -0.05) is 0 Å². The average molecular weight is 504 g/mol. The van der Waals surface area contributed by atoms with E-state index in [2.05, 4.69) is 28.3 Å². The van der Waals surface area contributed by atoms with Crippen LogP contribution >= 0.6 is 12.6 Å². The van der Waals surface area contributed by atoms with Gasteiger partial charge < -0.3 is 42.9 Å². The molecule has 1 saturated heterocycles. The minimum Gasteiger partial charge on any atom is -0.481 e. The van der Waals surface area contributed by atoms with Crippen molar-refractivity contribution in [1.29, 1.82) is 0 Å². The second kappa shape index (κ2) is 14.2. The van der Waals surface area contributed by atoms with E-state index in [0.717, 1.165) is 0 Å². The molecule has 14 nitrogen and oxygen atoms in total. The standard InChI is InChI=1S/C19H33N7O7S/c20-10(3-1-7-23-19(21)22)17(31)26-8-2-4-13(26)16(30)24-11(5-6-14(27)28)15(29)25-12(9-34)18(32)33/h10-13,34H,1-9,20H2,(H,24,30)(H,25,29)(H,27,28)(H,32,33)(H4,21,22,23). The van der Waals surface area contributed by atoms with E-state index in [-0.39, 0.29) is 18.1 Å². The van der Waals surface area contributed by atoms with Crippen LogP contribution < -0.4 is 27.8 Å². The highest BCUT2D eigenvalue weighted by atomic mass is 32.1. The highest BCUT2D eigenvalue weighted by Crippen LogP contribution is 2.19. The minimum absolute atomic E-state index is 0.0679. The normalized spacial score (nSPS) is 17.8. The average Bonchev–Trinajstić information content (AvgIpc) is 3.26. The quantitative estimate of drug-likeness (QED) is 0.0524. The fourth-order valence-electron chi connectivity index (χ4n) is 3.42. The van der Waals surface area contributed by atoms with Gasteiger partial charge in [-0.15, -0.1) is 0 Å². The second-order valence-electron chi connectivity index (χ2n) is 7.82. The van der Waals surface area contributed by atoms with Gasteiger partial charge in [-0.25, -0.2) is 4.79 Å². The number of hydrogen-bond donors (Lipinski definition) is 8. The summed E-state index contributed by atoms with van der Waals surface area (Å²) in [7, 11) is 0. The minimum atomic E-state index is -1.33. The van der Waals surface area contributed by atoms with Crippen molar-refractivity contribution in [3.63, 3.8) is 0 Å². The molecule has 0 aromatic carbocycles. The van der Waals surface area contributed by atoms with E-state index in [4.69, 9.17) is 27.4 Å². The zero-order chi connectivity index (χ0) is 25.8. The Morgan fingerprint density at radius 2 is 1.76 bits per heavy atom. The van der Waals surface area contributed by atoms with Gasteiger partial charge in [0, 0.05) is 25.3 Å². The van der Waals surface area contributed by atoms with Crippen molar-refractivity contribution in [2.24, 2.45) is 22.2 Å². The van der Waals surface area contributed by atoms with Gasteiger partial charge in [0.05, 0.1) is 6.04 Å². The number of aliphatic carboxylic acids is 2. The summed E-state index contributed by atoms with van der Waals surface area (Å²) in [6, 6.07) is -4.39. The first-order valence-electron chi connectivity index (χ1n) is 10.8. The number of thiol groups is 1. The Morgan fingerprint density at radius 1 is 1.09 bits per heavy atom. The molecule has 3 amide bonds. The number of nitrogens with two attached hydrogens (primary N) is 3. The first-order chi connectivity index (χ1) is 16.0. The molecule has 1 aliphatic rings. The van der Waals surface area contributed by atoms with Crippen LogP contribution in [0.3, 0.4) is 0 Å². The van der Waals surface area contributed by atoms with Crippen LogP contribution in [0.2, 0.25) is 0 Å². The number of carboxylic acid groups (broad SMARTS) is 2. The lowest BCUT2D eigenvalue weighted by Gasteiger charge is -2.28. The number of nitrogens with one attached hydrogen (secondary N) is 2. The van der Waals surface area contributed by atoms with E-state index in [1.54, 1.807) is 0 Å². The lowest BCUT2D eigenvalue weighted by molar-refractivity contribution is -0.143. The van der Waals surface area contributed by atoms with Crippen LogP contribution in [0.1, 0.15) is 38.5 Å². The third-order valence-corrected chi connectivity index (χ3v) is 5.57. The number of aliphatic imine (C=N–C) groups is 1.